The second kappa shape index (κ2) is 8.70. The van der Waals surface area contributed by atoms with Crippen molar-refractivity contribution in [3.8, 4) is 17.0 Å². The molecule has 3 N–H and O–H groups in total. The summed E-state index contributed by atoms with van der Waals surface area (Å²) in [7, 11) is 1.85. The maximum atomic E-state index is 12.4. The molecule has 0 aliphatic heterocycles. The first-order valence-corrected chi connectivity index (χ1v) is 8.94. The van der Waals surface area contributed by atoms with Gasteiger partial charge in [-0.25, -0.2) is 0 Å². The number of amides is 1. The number of nitrogens with one attached hydrogen (secondary N) is 1. The zero-order valence-electron chi connectivity index (χ0n) is 15.0. The third kappa shape index (κ3) is 4.87. The zero-order valence-corrected chi connectivity index (χ0v) is 15.7. The van der Waals surface area contributed by atoms with E-state index in [1.165, 1.54) is 0 Å². The second-order valence-electron chi connectivity index (χ2n) is 6.04. The number of benzene rings is 2. The third-order valence-corrected chi connectivity index (χ3v) is 4.22. The Hall–Kier alpha value is -2.83. The van der Waals surface area contributed by atoms with Crippen LogP contribution < -0.4 is 15.8 Å². The number of carbonyl (C=O) groups excluding carboxylic acids is 1. The molecule has 0 atom stereocenters. The lowest BCUT2D eigenvalue weighted by molar-refractivity contribution is -0.115. The van der Waals surface area contributed by atoms with Crippen molar-refractivity contribution in [3.63, 3.8) is 0 Å². The number of nitrogens with two attached hydrogens (primary N) is 1. The number of nitrogens with zero attached hydrogens (tertiary/aromatic N) is 2. The summed E-state index contributed by atoms with van der Waals surface area (Å²) >= 11 is 5.98. The Morgan fingerprint density at radius 3 is 2.81 bits per heavy atom. The minimum Gasteiger partial charge on any atom is -0.492 e. The first-order chi connectivity index (χ1) is 13.1. The van der Waals surface area contributed by atoms with E-state index in [4.69, 9.17) is 22.1 Å². The Kier molecular flexibility index (Phi) is 6.11. The molecule has 0 spiro atoms. The number of hydrogen-bond donors (Lipinski definition) is 2. The molecule has 6 nitrogen and oxygen atoms in total. The number of hydrogen-bond acceptors (Lipinski definition) is 4. The van der Waals surface area contributed by atoms with Crippen LogP contribution in [0.3, 0.4) is 0 Å². The Bertz CT molecular complexity index is 939. The van der Waals surface area contributed by atoms with Crippen molar-refractivity contribution in [2.45, 2.75) is 6.42 Å². The maximum absolute atomic E-state index is 12.4. The lowest BCUT2D eigenvalue weighted by atomic mass is 10.1. The van der Waals surface area contributed by atoms with E-state index >= 15 is 0 Å². The molecule has 7 heteroatoms. The monoisotopic (exact) mass is 384 g/mol. The van der Waals surface area contributed by atoms with Crippen molar-refractivity contribution in [1.29, 1.82) is 0 Å². The zero-order chi connectivity index (χ0) is 19.2. The van der Waals surface area contributed by atoms with Gasteiger partial charge in [0.2, 0.25) is 5.91 Å². The van der Waals surface area contributed by atoms with Gasteiger partial charge in [-0.15, -0.1) is 0 Å². The predicted molar refractivity (Wildman–Crippen MR) is 107 cm³/mol. The lowest BCUT2D eigenvalue weighted by Crippen LogP contribution is -2.15. The van der Waals surface area contributed by atoms with Gasteiger partial charge < -0.3 is 15.8 Å². The number of anilines is 1. The van der Waals surface area contributed by atoms with Crippen LogP contribution in [0.15, 0.2) is 54.7 Å². The molecule has 140 valence electrons. The summed E-state index contributed by atoms with van der Waals surface area (Å²) in [6, 6.07) is 14.7. The SMILES string of the molecule is Cn1nccc1-c1cc(NC(=O)Cc2cccc(Cl)c2)ccc1OCCN. The van der Waals surface area contributed by atoms with Gasteiger partial charge in [0.05, 0.1) is 12.1 Å². The highest BCUT2D eigenvalue weighted by Gasteiger charge is 2.13. The molecule has 0 bridgehead atoms. The average molecular weight is 385 g/mol. The first kappa shape index (κ1) is 18.9. The summed E-state index contributed by atoms with van der Waals surface area (Å²) in [5.41, 5.74) is 8.80. The van der Waals surface area contributed by atoms with Crippen molar-refractivity contribution in [2.24, 2.45) is 12.8 Å². The van der Waals surface area contributed by atoms with Crippen molar-refractivity contribution >= 4 is 23.2 Å². The Morgan fingerprint density at radius 2 is 2.11 bits per heavy atom. The maximum Gasteiger partial charge on any atom is 0.228 e. The van der Waals surface area contributed by atoms with Gasteiger partial charge in [0.25, 0.3) is 0 Å². The van der Waals surface area contributed by atoms with Gasteiger partial charge in [0.15, 0.2) is 0 Å². The van der Waals surface area contributed by atoms with Crippen LogP contribution in [0.1, 0.15) is 5.56 Å². The molecule has 0 unspecified atom stereocenters. The van der Waals surface area contributed by atoms with Crippen LogP contribution in [-0.2, 0) is 18.3 Å². The molecule has 3 rings (SSSR count). The second-order valence-corrected chi connectivity index (χ2v) is 6.48. The van der Waals surface area contributed by atoms with Crippen molar-refractivity contribution in [1.82, 2.24) is 9.78 Å². The molecule has 0 saturated carbocycles. The number of aromatic nitrogens is 2. The fourth-order valence-corrected chi connectivity index (χ4v) is 2.99. The molecule has 0 saturated heterocycles. The van der Waals surface area contributed by atoms with Crippen LogP contribution in [0, 0.1) is 0 Å². The molecule has 0 aliphatic rings. The van der Waals surface area contributed by atoms with Gasteiger partial charge >= 0.3 is 0 Å². The minimum absolute atomic E-state index is 0.121. The molecule has 27 heavy (non-hydrogen) atoms. The normalized spacial score (nSPS) is 10.6. The highest BCUT2D eigenvalue weighted by Crippen LogP contribution is 2.32. The van der Waals surface area contributed by atoms with E-state index in [-0.39, 0.29) is 12.3 Å². The van der Waals surface area contributed by atoms with Gasteiger partial charge in [-0.3, -0.25) is 9.48 Å². The summed E-state index contributed by atoms with van der Waals surface area (Å²) < 4.78 is 7.49. The standard InChI is InChI=1S/C20H21ClN4O2/c1-25-18(7-9-23-25)17-13-16(5-6-19(17)27-10-8-22)24-20(26)12-14-3-2-4-15(21)11-14/h2-7,9,11,13H,8,10,12,22H2,1H3,(H,24,26). The van der Waals surface area contributed by atoms with Crippen LogP contribution in [0.2, 0.25) is 5.02 Å². The predicted octanol–water partition coefficient (Wildman–Crippen LogP) is 3.26. The van der Waals surface area contributed by atoms with Gasteiger partial charge in [-0.2, -0.15) is 5.10 Å². The summed E-state index contributed by atoms with van der Waals surface area (Å²) in [5, 5.41) is 7.74. The van der Waals surface area contributed by atoms with Gasteiger partial charge in [-0.1, -0.05) is 23.7 Å². The van der Waals surface area contributed by atoms with Crippen molar-refractivity contribution in [3.05, 3.63) is 65.3 Å². The quantitative estimate of drug-likeness (QED) is 0.655. The summed E-state index contributed by atoms with van der Waals surface area (Å²) in [6.45, 7) is 0.828. The fraction of sp³-hybridized carbons (Fsp3) is 0.200. The molecule has 0 fully saturated rings. The van der Waals surface area contributed by atoms with Crippen LogP contribution in [0.25, 0.3) is 11.3 Å². The third-order valence-electron chi connectivity index (χ3n) is 3.99. The first-order valence-electron chi connectivity index (χ1n) is 8.56. The van der Waals surface area contributed by atoms with Gasteiger partial charge in [-0.05, 0) is 42.0 Å². The Balaban J connectivity index is 1.81. The molecule has 1 aromatic heterocycles. The Morgan fingerprint density at radius 1 is 1.26 bits per heavy atom. The van der Waals surface area contributed by atoms with Gasteiger partial charge in [0.1, 0.15) is 12.4 Å². The molecule has 1 heterocycles. The van der Waals surface area contributed by atoms with Crippen LogP contribution in [0.5, 0.6) is 5.75 Å². The summed E-state index contributed by atoms with van der Waals surface area (Å²) in [5.74, 6) is 0.570. The van der Waals surface area contributed by atoms with E-state index in [0.717, 1.165) is 16.8 Å². The highest BCUT2D eigenvalue weighted by molar-refractivity contribution is 6.30. The average Bonchev–Trinajstić information content (AvgIpc) is 3.06. The number of aryl methyl sites for hydroxylation is 1. The molecule has 2 aromatic carbocycles. The molecule has 1 amide bonds. The van der Waals surface area contributed by atoms with E-state index in [9.17, 15) is 4.79 Å². The van der Waals surface area contributed by atoms with E-state index in [1.54, 1.807) is 23.0 Å². The van der Waals surface area contributed by atoms with Crippen LogP contribution in [0.4, 0.5) is 5.69 Å². The topological polar surface area (TPSA) is 82.2 Å². The van der Waals surface area contributed by atoms with Crippen molar-refractivity contribution in [2.75, 3.05) is 18.5 Å². The van der Waals surface area contributed by atoms with E-state index in [2.05, 4.69) is 10.4 Å². The smallest absolute Gasteiger partial charge is 0.228 e. The summed E-state index contributed by atoms with van der Waals surface area (Å²) in [4.78, 5) is 12.4. The van der Waals surface area contributed by atoms with E-state index in [0.29, 0.717) is 29.6 Å². The number of ether oxygens (including phenoxy) is 1. The molecular formula is C20H21ClN4O2. The molecule has 0 radical (unpaired) electrons. The van der Waals surface area contributed by atoms with E-state index < -0.39 is 0 Å². The number of carbonyl (C=O) groups is 1. The fourth-order valence-electron chi connectivity index (χ4n) is 2.78. The van der Waals surface area contributed by atoms with Gasteiger partial charge in [0, 0.05) is 36.1 Å². The van der Waals surface area contributed by atoms with Crippen LogP contribution in [-0.4, -0.2) is 28.8 Å². The van der Waals surface area contributed by atoms with E-state index in [1.807, 2.05) is 43.4 Å². The highest BCUT2D eigenvalue weighted by atomic mass is 35.5. The number of rotatable bonds is 7. The molecular weight excluding hydrogens is 364 g/mol. The summed E-state index contributed by atoms with van der Waals surface area (Å²) in [6.07, 6.45) is 1.96. The Labute approximate surface area is 162 Å². The van der Waals surface area contributed by atoms with Crippen molar-refractivity contribution < 1.29 is 9.53 Å². The number of halogens is 1. The lowest BCUT2D eigenvalue weighted by Gasteiger charge is -2.14. The molecule has 0 aliphatic carbocycles. The minimum atomic E-state index is -0.121. The largest absolute Gasteiger partial charge is 0.492 e. The molecule has 3 aromatic rings. The van der Waals surface area contributed by atoms with Crippen LogP contribution >= 0.6 is 11.6 Å².